The fourth-order valence-corrected chi connectivity index (χ4v) is 0.174. The van der Waals surface area contributed by atoms with Gasteiger partial charge in [0, 0.05) is 12.2 Å². The van der Waals surface area contributed by atoms with E-state index in [2.05, 4.69) is 11.3 Å². The van der Waals surface area contributed by atoms with Crippen molar-refractivity contribution in [3.63, 3.8) is 0 Å². The summed E-state index contributed by atoms with van der Waals surface area (Å²) in [5.41, 5.74) is 0.433. The molecule has 0 rings (SSSR count). The Labute approximate surface area is 67.7 Å². The first-order valence-electron chi connectivity index (χ1n) is 3.44. The maximum Gasteiger partial charge on any atom is 0.332 e. The van der Waals surface area contributed by atoms with Crippen LogP contribution in [0.15, 0.2) is 12.2 Å². The molecule has 0 saturated carbocycles. The minimum Gasteiger partial charge on any atom is -0.466 e. The van der Waals surface area contributed by atoms with Crippen molar-refractivity contribution in [2.24, 2.45) is 0 Å². The number of aliphatic hydroxyl groups is 1. The van der Waals surface area contributed by atoms with Crippen molar-refractivity contribution in [2.75, 3.05) is 13.7 Å². The standard InChI is InChI=1S/C5H8O2.C3H8O/c1-4(2)5(6)7-3;1-2-3-4/h1H2,2-3H3;4H,2-3H2,1H3. The zero-order valence-electron chi connectivity index (χ0n) is 7.39. The first-order valence-corrected chi connectivity index (χ1v) is 3.44. The summed E-state index contributed by atoms with van der Waals surface area (Å²) in [6.45, 7) is 7.20. The number of aliphatic hydroxyl groups excluding tert-OH is 1. The van der Waals surface area contributed by atoms with Gasteiger partial charge in [-0.1, -0.05) is 13.5 Å². The molecule has 0 spiro atoms. The van der Waals surface area contributed by atoms with Gasteiger partial charge in [-0.05, 0) is 13.3 Å². The molecule has 3 heteroatoms. The molecule has 0 saturated heterocycles. The van der Waals surface area contributed by atoms with Crippen molar-refractivity contribution in [1.82, 2.24) is 0 Å². The molecule has 0 atom stereocenters. The number of rotatable bonds is 2. The molecule has 0 aromatic rings. The molecule has 0 unspecified atom stereocenters. The van der Waals surface area contributed by atoms with E-state index < -0.39 is 0 Å². The van der Waals surface area contributed by atoms with Gasteiger partial charge in [0.1, 0.15) is 0 Å². The minimum atomic E-state index is -0.347. The summed E-state index contributed by atoms with van der Waals surface area (Å²) in [5.74, 6) is -0.347. The lowest BCUT2D eigenvalue weighted by atomic mass is 10.4. The van der Waals surface area contributed by atoms with E-state index in [4.69, 9.17) is 5.11 Å². The summed E-state index contributed by atoms with van der Waals surface area (Å²) in [6, 6.07) is 0. The van der Waals surface area contributed by atoms with E-state index in [1.54, 1.807) is 6.92 Å². The molecule has 0 aliphatic carbocycles. The number of carbonyl (C=O) groups excluding carboxylic acids is 1. The number of carbonyl (C=O) groups is 1. The first kappa shape index (κ1) is 12.8. The number of methoxy groups -OCH3 is 1. The normalized spacial score (nSPS) is 7.64. The highest BCUT2D eigenvalue weighted by molar-refractivity contribution is 5.86. The van der Waals surface area contributed by atoms with Gasteiger partial charge in [-0.3, -0.25) is 0 Å². The largest absolute Gasteiger partial charge is 0.466 e. The molecule has 66 valence electrons. The van der Waals surface area contributed by atoms with Gasteiger partial charge >= 0.3 is 5.97 Å². The zero-order valence-corrected chi connectivity index (χ0v) is 7.39. The van der Waals surface area contributed by atoms with Gasteiger partial charge in [0.2, 0.25) is 0 Å². The fraction of sp³-hybridized carbons (Fsp3) is 0.625. The van der Waals surface area contributed by atoms with E-state index in [1.165, 1.54) is 7.11 Å². The highest BCUT2D eigenvalue weighted by Gasteiger charge is 1.95. The smallest absolute Gasteiger partial charge is 0.332 e. The topological polar surface area (TPSA) is 46.5 Å². The Morgan fingerprint density at radius 1 is 1.64 bits per heavy atom. The minimum absolute atomic E-state index is 0.319. The Hall–Kier alpha value is -0.830. The second-order valence-electron chi connectivity index (χ2n) is 2.00. The Morgan fingerprint density at radius 2 is 2.00 bits per heavy atom. The quantitative estimate of drug-likeness (QED) is 0.486. The maximum atomic E-state index is 10.2. The number of hydrogen-bond donors (Lipinski definition) is 1. The average Bonchev–Trinajstić information content (AvgIpc) is 2.03. The monoisotopic (exact) mass is 160 g/mol. The summed E-state index contributed by atoms with van der Waals surface area (Å²) >= 11 is 0. The van der Waals surface area contributed by atoms with Crippen molar-refractivity contribution in [3.05, 3.63) is 12.2 Å². The molecular weight excluding hydrogens is 144 g/mol. The molecule has 0 aliphatic heterocycles. The second-order valence-corrected chi connectivity index (χ2v) is 2.00. The molecule has 3 nitrogen and oxygen atoms in total. The highest BCUT2D eigenvalue weighted by Crippen LogP contribution is 1.87. The first-order chi connectivity index (χ1) is 5.09. The molecule has 11 heavy (non-hydrogen) atoms. The van der Waals surface area contributed by atoms with E-state index in [-0.39, 0.29) is 5.97 Å². The Morgan fingerprint density at radius 3 is 2.00 bits per heavy atom. The predicted molar refractivity (Wildman–Crippen MR) is 44.2 cm³/mol. The molecule has 0 aromatic heterocycles. The molecule has 1 N–H and O–H groups in total. The Balaban J connectivity index is 0. The van der Waals surface area contributed by atoms with Crippen LogP contribution >= 0.6 is 0 Å². The van der Waals surface area contributed by atoms with Crippen LogP contribution in [-0.2, 0) is 9.53 Å². The van der Waals surface area contributed by atoms with E-state index in [0.717, 1.165) is 6.42 Å². The van der Waals surface area contributed by atoms with E-state index in [1.807, 2.05) is 6.92 Å². The Kier molecular flexibility index (Phi) is 10.7. The third-order valence-electron chi connectivity index (χ3n) is 0.757. The summed E-state index contributed by atoms with van der Waals surface area (Å²) in [4.78, 5) is 10.2. The molecule has 0 heterocycles. The van der Waals surface area contributed by atoms with Crippen LogP contribution in [0.25, 0.3) is 0 Å². The van der Waals surface area contributed by atoms with Gasteiger partial charge in [-0.15, -0.1) is 0 Å². The van der Waals surface area contributed by atoms with Gasteiger partial charge < -0.3 is 9.84 Å². The van der Waals surface area contributed by atoms with Gasteiger partial charge in [-0.25, -0.2) is 4.79 Å². The van der Waals surface area contributed by atoms with Gasteiger partial charge in [0.25, 0.3) is 0 Å². The van der Waals surface area contributed by atoms with Crippen molar-refractivity contribution in [2.45, 2.75) is 20.3 Å². The lowest BCUT2D eigenvalue weighted by molar-refractivity contribution is -0.136. The van der Waals surface area contributed by atoms with Crippen LogP contribution in [0.2, 0.25) is 0 Å². The van der Waals surface area contributed by atoms with Crippen molar-refractivity contribution >= 4 is 5.97 Å². The molecule has 0 fully saturated rings. The molecule has 0 radical (unpaired) electrons. The van der Waals surface area contributed by atoms with Crippen LogP contribution in [-0.4, -0.2) is 24.8 Å². The fourth-order valence-electron chi connectivity index (χ4n) is 0.174. The van der Waals surface area contributed by atoms with Crippen LogP contribution in [0, 0.1) is 0 Å². The van der Waals surface area contributed by atoms with Gasteiger partial charge in [0.05, 0.1) is 7.11 Å². The maximum absolute atomic E-state index is 10.2. The van der Waals surface area contributed by atoms with Crippen LogP contribution in [0.4, 0.5) is 0 Å². The molecular formula is C8H16O3. The van der Waals surface area contributed by atoms with Crippen LogP contribution < -0.4 is 0 Å². The number of hydrogen-bond acceptors (Lipinski definition) is 3. The van der Waals surface area contributed by atoms with Crippen LogP contribution in [0.1, 0.15) is 20.3 Å². The summed E-state index contributed by atoms with van der Waals surface area (Å²) in [5, 5.41) is 7.88. The highest BCUT2D eigenvalue weighted by atomic mass is 16.5. The van der Waals surface area contributed by atoms with E-state index in [0.29, 0.717) is 12.2 Å². The van der Waals surface area contributed by atoms with Gasteiger partial charge in [0.15, 0.2) is 0 Å². The summed E-state index contributed by atoms with van der Waals surface area (Å²) in [6.07, 6.45) is 0.875. The number of esters is 1. The molecule has 0 amide bonds. The van der Waals surface area contributed by atoms with E-state index >= 15 is 0 Å². The summed E-state index contributed by atoms with van der Waals surface area (Å²) < 4.78 is 4.27. The Bertz CT molecular complexity index is 117. The number of ether oxygens (including phenoxy) is 1. The van der Waals surface area contributed by atoms with Crippen molar-refractivity contribution in [1.29, 1.82) is 0 Å². The van der Waals surface area contributed by atoms with Crippen LogP contribution in [0.5, 0.6) is 0 Å². The molecule has 0 aromatic carbocycles. The zero-order chi connectivity index (χ0) is 9.28. The average molecular weight is 160 g/mol. The SMILES string of the molecule is C=C(C)C(=O)OC.CCCO. The van der Waals surface area contributed by atoms with E-state index in [9.17, 15) is 4.79 Å². The second kappa shape index (κ2) is 9.17. The summed E-state index contributed by atoms with van der Waals surface area (Å²) in [7, 11) is 1.33. The third-order valence-corrected chi connectivity index (χ3v) is 0.757. The lowest BCUT2D eigenvalue weighted by Crippen LogP contribution is -1.98. The van der Waals surface area contributed by atoms with Crippen LogP contribution in [0.3, 0.4) is 0 Å². The van der Waals surface area contributed by atoms with Crippen molar-refractivity contribution in [3.8, 4) is 0 Å². The molecule has 0 aliphatic rings. The third kappa shape index (κ3) is 12.4. The van der Waals surface area contributed by atoms with Gasteiger partial charge in [-0.2, -0.15) is 0 Å². The predicted octanol–water partition coefficient (Wildman–Crippen LogP) is 1.12. The molecule has 0 bridgehead atoms. The van der Waals surface area contributed by atoms with Crippen molar-refractivity contribution < 1.29 is 14.6 Å². The lowest BCUT2D eigenvalue weighted by Gasteiger charge is -1.91.